The molecule has 0 saturated carbocycles. The number of amides is 1. The lowest BCUT2D eigenvalue weighted by atomic mass is 10.0. The largest absolute Gasteiger partial charge is 0.352 e. The highest BCUT2D eigenvalue weighted by Gasteiger charge is 2.21. The molecule has 2 N–H and O–H groups in total. The van der Waals surface area contributed by atoms with Crippen LogP contribution in [0.4, 0.5) is 0 Å². The van der Waals surface area contributed by atoms with Gasteiger partial charge in [0.05, 0.1) is 6.04 Å². The lowest BCUT2D eigenvalue weighted by Gasteiger charge is -2.25. The molecule has 0 aromatic heterocycles. The van der Waals surface area contributed by atoms with E-state index in [2.05, 4.69) is 24.5 Å². The molecule has 1 saturated heterocycles. The summed E-state index contributed by atoms with van der Waals surface area (Å²) in [5, 5.41) is 6.34. The lowest BCUT2D eigenvalue weighted by Crippen LogP contribution is -2.49. The Labute approximate surface area is 86.6 Å². The SMILES string of the molecule is CCC(CC)NC(=O)[C@H]1CCCCN1. The molecule has 1 aliphatic heterocycles. The third kappa shape index (κ3) is 3.29. The van der Waals surface area contributed by atoms with Gasteiger partial charge < -0.3 is 10.6 Å². The van der Waals surface area contributed by atoms with Gasteiger partial charge in [0.1, 0.15) is 0 Å². The molecule has 3 nitrogen and oxygen atoms in total. The van der Waals surface area contributed by atoms with Crippen LogP contribution in [-0.2, 0) is 4.79 Å². The van der Waals surface area contributed by atoms with E-state index in [-0.39, 0.29) is 11.9 Å². The van der Waals surface area contributed by atoms with Gasteiger partial charge in [-0.25, -0.2) is 0 Å². The van der Waals surface area contributed by atoms with Crippen molar-refractivity contribution in [3.8, 4) is 0 Å². The van der Waals surface area contributed by atoms with E-state index in [4.69, 9.17) is 0 Å². The predicted molar refractivity (Wildman–Crippen MR) is 58.2 cm³/mol. The summed E-state index contributed by atoms with van der Waals surface area (Å²) in [6.07, 6.45) is 5.42. The van der Waals surface area contributed by atoms with Gasteiger partial charge >= 0.3 is 0 Å². The van der Waals surface area contributed by atoms with Crippen molar-refractivity contribution in [1.29, 1.82) is 0 Å². The second kappa shape index (κ2) is 6.02. The van der Waals surface area contributed by atoms with Crippen LogP contribution in [0.15, 0.2) is 0 Å². The summed E-state index contributed by atoms with van der Waals surface area (Å²) in [6, 6.07) is 0.413. The Hall–Kier alpha value is -0.570. The predicted octanol–water partition coefficient (Wildman–Crippen LogP) is 1.43. The van der Waals surface area contributed by atoms with Crippen molar-refractivity contribution >= 4 is 5.91 Å². The summed E-state index contributed by atoms with van der Waals surface area (Å²) in [4.78, 5) is 11.8. The molecular weight excluding hydrogens is 176 g/mol. The molecule has 1 amide bonds. The Bertz CT molecular complexity index is 172. The number of hydrogen-bond donors (Lipinski definition) is 2. The zero-order valence-corrected chi connectivity index (χ0v) is 9.31. The molecule has 14 heavy (non-hydrogen) atoms. The molecule has 1 fully saturated rings. The third-order valence-electron chi connectivity index (χ3n) is 2.96. The van der Waals surface area contributed by atoms with Gasteiger partial charge in [0.15, 0.2) is 0 Å². The summed E-state index contributed by atoms with van der Waals surface area (Å²) >= 11 is 0. The summed E-state index contributed by atoms with van der Waals surface area (Å²) in [5.74, 6) is 0.193. The van der Waals surface area contributed by atoms with Crippen molar-refractivity contribution in [2.75, 3.05) is 6.54 Å². The highest BCUT2D eigenvalue weighted by molar-refractivity contribution is 5.82. The van der Waals surface area contributed by atoms with Gasteiger partial charge in [-0.2, -0.15) is 0 Å². The van der Waals surface area contributed by atoms with Crippen LogP contribution in [0.3, 0.4) is 0 Å². The number of carbonyl (C=O) groups is 1. The molecule has 0 bridgehead atoms. The van der Waals surface area contributed by atoms with Crippen LogP contribution < -0.4 is 10.6 Å². The first-order chi connectivity index (χ1) is 6.77. The van der Waals surface area contributed by atoms with E-state index in [9.17, 15) is 4.79 Å². The van der Waals surface area contributed by atoms with Gasteiger partial charge in [0, 0.05) is 6.04 Å². The minimum absolute atomic E-state index is 0.0596. The smallest absolute Gasteiger partial charge is 0.237 e. The lowest BCUT2D eigenvalue weighted by molar-refractivity contribution is -0.124. The first-order valence-corrected chi connectivity index (χ1v) is 5.81. The first-order valence-electron chi connectivity index (χ1n) is 5.81. The summed E-state index contributed by atoms with van der Waals surface area (Å²) in [7, 11) is 0. The molecule has 0 aromatic rings. The number of hydrogen-bond acceptors (Lipinski definition) is 2. The van der Waals surface area contributed by atoms with Crippen molar-refractivity contribution < 1.29 is 4.79 Å². The standard InChI is InChI=1S/C11H22N2O/c1-3-9(4-2)13-11(14)10-7-5-6-8-12-10/h9-10,12H,3-8H2,1-2H3,(H,13,14)/t10-/m1/s1. The number of carbonyl (C=O) groups excluding carboxylic acids is 1. The van der Waals surface area contributed by atoms with Crippen LogP contribution in [-0.4, -0.2) is 24.5 Å². The maximum Gasteiger partial charge on any atom is 0.237 e. The number of nitrogens with one attached hydrogen (secondary N) is 2. The quantitative estimate of drug-likeness (QED) is 0.717. The van der Waals surface area contributed by atoms with Crippen LogP contribution in [0.2, 0.25) is 0 Å². The zero-order valence-electron chi connectivity index (χ0n) is 9.31. The van der Waals surface area contributed by atoms with Gasteiger partial charge in [-0.1, -0.05) is 20.3 Å². The molecule has 0 spiro atoms. The minimum atomic E-state index is 0.0596. The molecule has 0 aliphatic carbocycles. The maximum absolute atomic E-state index is 11.8. The van der Waals surface area contributed by atoms with Crippen LogP contribution in [0, 0.1) is 0 Å². The first kappa shape index (κ1) is 11.5. The molecule has 0 aromatic carbocycles. The molecule has 1 rings (SSSR count). The van der Waals surface area contributed by atoms with E-state index in [1.165, 1.54) is 12.8 Å². The van der Waals surface area contributed by atoms with Crippen molar-refractivity contribution in [2.45, 2.75) is 58.0 Å². The molecule has 0 unspecified atom stereocenters. The topological polar surface area (TPSA) is 41.1 Å². The van der Waals surface area contributed by atoms with Gasteiger partial charge in [-0.3, -0.25) is 4.79 Å². The highest BCUT2D eigenvalue weighted by atomic mass is 16.2. The molecule has 1 atom stereocenters. The summed E-state index contributed by atoms with van der Waals surface area (Å²) < 4.78 is 0. The molecule has 3 heteroatoms. The van der Waals surface area contributed by atoms with Gasteiger partial charge in [0.2, 0.25) is 5.91 Å². The second-order valence-corrected chi connectivity index (χ2v) is 4.02. The number of rotatable bonds is 4. The van der Waals surface area contributed by atoms with Gasteiger partial charge in [-0.05, 0) is 32.2 Å². The molecular formula is C11H22N2O. The van der Waals surface area contributed by atoms with E-state index >= 15 is 0 Å². The molecule has 1 aliphatic rings. The zero-order chi connectivity index (χ0) is 10.4. The fourth-order valence-electron chi connectivity index (χ4n) is 1.87. The van der Waals surface area contributed by atoms with Crippen LogP contribution >= 0.6 is 0 Å². The Morgan fingerprint density at radius 1 is 1.43 bits per heavy atom. The Kier molecular flexibility index (Phi) is 4.94. The van der Waals surface area contributed by atoms with Crippen molar-refractivity contribution in [2.24, 2.45) is 0 Å². The number of piperidine rings is 1. The maximum atomic E-state index is 11.8. The van der Waals surface area contributed by atoms with Crippen molar-refractivity contribution in [3.63, 3.8) is 0 Å². The fourth-order valence-corrected chi connectivity index (χ4v) is 1.87. The fraction of sp³-hybridized carbons (Fsp3) is 0.909. The van der Waals surface area contributed by atoms with Crippen LogP contribution in [0.25, 0.3) is 0 Å². The van der Waals surface area contributed by atoms with E-state index in [1.54, 1.807) is 0 Å². The van der Waals surface area contributed by atoms with Crippen molar-refractivity contribution in [1.82, 2.24) is 10.6 Å². The van der Waals surface area contributed by atoms with Gasteiger partial charge in [0.25, 0.3) is 0 Å². The Morgan fingerprint density at radius 3 is 2.64 bits per heavy atom. The molecule has 0 radical (unpaired) electrons. The molecule has 82 valence electrons. The van der Waals surface area contributed by atoms with Crippen LogP contribution in [0.5, 0.6) is 0 Å². The van der Waals surface area contributed by atoms with E-state index in [0.29, 0.717) is 6.04 Å². The highest BCUT2D eigenvalue weighted by Crippen LogP contribution is 2.07. The monoisotopic (exact) mass is 198 g/mol. The van der Waals surface area contributed by atoms with Crippen LogP contribution in [0.1, 0.15) is 46.0 Å². The average Bonchev–Trinajstić information content (AvgIpc) is 2.26. The second-order valence-electron chi connectivity index (χ2n) is 4.02. The third-order valence-corrected chi connectivity index (χ3v) is 2.96. The Morgan fingerprint density at radius 2 is 2.14 bits per heavy atom. The Balaban J connectivity index is 2.32. The minimum Gasteiger partial charge on any atom is -0.352 e. The van der Waals surface area contributed by atoms with Crippen molar-refractivity contribution in [3.05, 3.63) is 0 Å². The summed E-state index contributed by atoms with van der Waals surface area (Å²) in [6.45, 7) is 5.21. The van der Waals surface area contributed by atoms with E-state index < -0.39 is 0 Å². The summed E-state index contributed by atoms with van der Waals surface area (Å²) in [5.41, 5.74) is 0. The van der Waals surface area contributed by atoms with Gasteiger partial charge in [-0.15, -0.1) is 0 Å². The normalized spacial score (nSPS) is 22.4. The van der Waals surface area contributed by atoms with E-state index in [1.807, 2.05) is 0 Å². The molecule has 1 heterocycles. The average molecular weight is 198 g/mol. The van der Waals surface area contributed by atoms with E-state index in [0.717, 1.165) is 25.8 Å².